The molecule has 0 aromatic heterocycles. The third-order valence-electron chi connectivity index (χ3n) is 4.12. The molecule has 1 unspecified atom stereocenters. The molecule has 3 N–H and O–H groups in total. The summed E-state index contributed by atoms with van der Waals surface area (Å²) >= 11 is 0. The van der Waals surface area contributed by atoms with Gasteiger partial charge >= 0.3 is 5.97 Å². The number of ether oxygens (including phenoxy) is 1. The number of nitrogens with zero attached hydrogens (tertiary/aromatic N) is 1. The second kappa shape index (κ2) is 7.35. The van der Waals surface area contributed by atoms with Crippen molar-refractivity contribution in [3.05, 3.63) is 23.8 Å². The van der Waals surface area contributed by atoms with E-state index in [-0.39, 0.29) is 17.9 Å². The van der Waals surface area contributed by atoms with Gasteiger partial charge in [-0.3, -0.25) is 5.43 Å². The molecule has 0 spiro atoms. The number of rotatable bonds is 5. The minimum absolute atomic E-state index is 0.191. The lowest BCUT2D eigenvalue weighted by Gasteiger charge is -2.27. The average Bonchev–Trinajstić information content (AvgIpc) is 2.56. The minimum Gasteiger partial charge on any atom is -0.504 e. The van der Waals surface area contributed by atoms with Crippen LogP contribution in [0.4, 0.5) is 0 Å². The number of nitrogens with one attached hydrogen (secondary N) is 1. The zero-order valence-corrected chi connectivity index (χ0v) is 13.6. The Balaban J connectivity index is 2.17. The molecule has 1 atom stereocenters. The maximum absolute atomic E-state index is 12.2. The van der Waals surface area contributed by atoms with E-state index in [9.17, 15) is 15.0 Å². The normalized spacial score (nSPS) is 17.2. The Morgan fingerprint density at radius 1 is 1.26 bits per heavy atom. The lowest BCUT2D eigenvalue weighted by molar-refractivity contribution is -0.147. The largest absolute Gasteiger partial charge is 0.504 e. The number of hydrogen-bond acceptors (Lipinski definition) is 6. The molecule has 1 aliphatic rings. The van der Waals surface area contributed by atoms with Gasteiger partial charge in [0.25, 0.3) is 0 Å². The number of aromatic hydroxyl groups is 2. The van der Waals surface area contributed by atoms with Crippen LogP contribution in [0.3, 0.4) is 0 Å². The number of phenols is 2. The van der Waals surface area contributed by atoms with Gasteiger partial charge in [-0.15, -0.1) is 0 Å². The molecule has 0 bridgehead atoms. The number of benzene rings is 1. The van der Waals surface area contributed by atoms with Crippen LogP contribution in [0.25, 0.3) is 0 Å². The highest BCUT2D eigenvalue weighted by molar-refractivity contribution is 5.85. The number of methoxy groups -OCH3 is 1. The van der Waals surface area contributed by atoms with Crippen LogP contribution >= 0.6 is 0 Å². The fourth-order valence-electron chi connectivity index (χ4n) is 2.74. The number of carbonyl (C=O) groups is 1. The second-order valence-corrected chi connectivity index (χ2v) is 6.17. The summed E-state index contributed by atoms with van der Waals surface area (Å²) in [6, 6.07) is 4.49. The van der Waals surface area contributed by atoms with Crippen molar-refractivity contribution in [3.8, 4) is 11.5 Å². The van der Waals surface area contributed by atoms with E-state index in [0.717, 1.165) is 31.4 Å². The first-order valence-corrected chi connectivity index (χ1v) is 7.86. The van der Waals surface area contributed by atoms with Gasteiger partial charge in [-0.2, -0.15) is 5.10 Å². The van der Waals surface area contributed by atoms with Crippen molar-refractivity contribution in [2.24, 2.45) is 5.10 Å². The Morgan fingerprint density at radius 2 is 1.96 bits per heavy atom. The number of carbonyl (C=O) groups excluding carboxylic acids is 1. The SMILES string of the molecule is COC(=O)C(C)(Cc1ccc(O)c(O)c1)NN=C1CCCCC1. The summed E-state index contributed by atoms with van der Waals surface area (Å²) in [5.41, 5.74) is 3.70. The number of hydrazone groups is 1. The molecule has 1 aliphatic carbocycles. The third kappa shape index (κ3) is 4.37. The number of phenolic OH excluding ortho intramolecular Hbond substituents is 2. The maximum atomic E-state index is 12.2. The highest BCUT2D eigenvalue weighted by atomic mass is 16.5. The van der Waals surface area contributed by atoms with Crippen LogP contribution < -0.4 is 5.43 Å². The second-order valence-electron chi connectivity index (χ2n) is 6.17. The first kappa shape index (κ1) is 17.1. The third-order valence-corrected chi connectivity index (χ3v) is 4.12. The van der Waals surface area contributed by atoms with Crippen molar-refractivity contribution in [1.82, 2.24) is 5.43 Å². The smallest absolute Gasteiger partial charge is 0.333 e. The summed E-state index contributed by atoms with van der Waals surface area (Å²) in [5, 5.41) is 23.4. The van der Waals surface area contributed by atoms with Crippen LogP contribution in [0.15, 0.2) is 23.3 Å². The van der Waals surface area contributed by atoms with Crippen molar-refractivity contribution in [1.29, 1.82) is 0 Å². The maximum Gasteiger partial charge on any atom is 0.333 e. The standard InChI is InChI=1S/C17H24N2O4/c1-17(16(22)23-2,19-18-13-6-4-3-5-7-13)11-12-8-9-14(20)15(21)10-12/h8-10,19-21H,3-7,11H2,1-2H3. The molecule has 1 aromatic rings. The van der Waals surface area contributed by atoms with Gasteiger partial charge in [-0.25, -0.2) is 4.79 Å². The lowest BCUT2D eigenvalue weighted by Crippen LogP contribution is -2.50. The molecule has 0 radical (unpaired) electrons. The molecule has 0 saturated heterocycles. The number of esters is 1. The van der Waals surface area contributed by atoms with Gasteiger partial charge in [-0.1, -0.05) is 12.5 Å². The molecule has 6 heteroatoms. The highest BCUT2D eigenvalue weighted by Gasteiger charge is 2.35. The minimum atomic E-state index is -1.04. The van der Waals surface area contributed by atoms with Gasteiger partial charge in [0.1, 0.15) is 0 Å². The predicted molar refractivity (Wildman–Crippen MR) is 87.6 cm³/mol. The van der Waals surface area contributed by atoms with Gasteiger partial charge in [0.2, 0.25) is 0 Å². The first-order chi connectivity index (χ1) is 10.9. The van der Waals surface area contributed by atoms with Crippen LogP contribution in [-0.2, 0) is 16.0 Å². The van der Waals surface area contributed by atoms with Gasteiger partial charge in [0, 0.05) is 12.1 Å². The van der Waals surface area contributed by atoms with Gasteiger partial charge in [0.15, 0.2) is 17.0 Å². The Kier molecular flexibility index (Phi) is 5.47. The van der Waals surface area contributed by atoms with Crippen LogP contribution in [0, 0.1) is 0 Å². The van der Waals surface area contributed by atoms with Crippen molar-refractivity contribution in [2.45, 2.75) is 51.0 Å². The molecular weight excluding hydrogens is 296 g/mol. The Morgan fingerprint density at radius 3 is 2.57 bits per heavy atom. The highest BCUT2D eigenvalue weighted by Crippen LogP contribution is 2.27. The van der Waals surface area contributed by atoms with E-state index in [4.69, 9.17) is 4.74 Å². The quantitative estimate of drug-likeness (QED) is 0.440. The fourth-order valence-corrected chi connectivity index (χ4v) is 2.74. The molecule has 0 amide bonds. The summed E-state index contributed by atoms with van der Waals surface area (Å²) in [5.74, 6) is -0.831. The lowest BCUT2D eigenvalue weighted by atomic mass is 9.93. The monoisotopic (exact) mass is 320 g/mol. The summed E-state index contributed by atoms with van der Waals surface area (Å²) in [4.78, 5) is 12.2. The Hall–Kier alpha value is -2.24. The van der Waals surface area contributed by atoms with E-state index in [1.165, 1.54) is 25.7 Å². The zero-order chi connectivity index (χ0) is 16.9. The van der Waals surface area contributed by atoms with Gasteiger partial charge in [-0.05, 0) is 50.3 Å². The Labute approximate surface area is 136 Å². The van der Waals surface area contributed by atoms with Crippen LogP contribution in [0.5, 0.6) is 11.5 Å². The Bertz CT molecular complexity index is 592. The van der Waals surface area contributed by atoms with E-state index >= 15 is 0 Å². The molecule has 1 aromatic carbocycles. The average molecular weight is 320 g/mol. The zero-order valence-electron chi connectivity index (χ0n) is 13.6. The van der Waals surface area contributed by atoms with E-state index in [1.807, 2.05) is 0 Å². The molecular formula is C17H24N2O4. The predicted octanol–water partition coefficient (Wildman–Crippen LogP) is 2.48. The molecule has 23 heavy (non-hydrogen) atoms. The molecule has 0 aliphatic heterocycles. The summed E-state index contributed by atoms with van der Waals surface area (Å²) in [6.07, 6.45) is 5.65. The van der Waals surface area contributed by atoms with Gasteiger partial charge in [0.05, 0.1) is 7.11 Å². The van der Waals surface area contributed by atoms with E-state index in [1.54, 1.807) is 13.0 Å². The van der Waals surface area contributed by atoms with Crippen LogP contribution in [-0.4, -0.2) is 34.5 Å². The first-order valence-electron chi connectivity index (χ1n) is 7.86. The van der Waals surface area contributed by atoms with Crippen molar-refractivity contribution < 1.29 is 19.7 Å². The van der Waals surface area contributed by atoms with E-state index < -0.39 is 11.5 Å². The molecule has 1 saturated carbocycles. The number of hydrogen-bond donors (Lipinski definition) is 3. The van der Waals surface area contributed by atoms with E-state index in [2.05, 4.69) is 10.5 Å². The summed E-state index contributed by atoms with van der Waals surface area (Å²) in [6.45, 7) is 1.72. The molecule has 6 nitrogen and oxygen atoms in total. The van der Waals surface area contributed by atoms with Crippen LogP contribution in [0.2, 0.25) is 0 Å². The van der Waals surface area contributed by atoms with Crippen molar-refractivity contribution in [3.63, 3.8) is 0 Å². The molecule has 1 fully saturated rings. The topological polar surface area (TPSA) is 91.2 Å². The summed E-state index contributed by atoms with van der Waals surface area (Å²) < 4.78 is 4.90. The molecule has 0 heterocycles. The summed E-state index contributed by atoms with van der Waals surface area (Å²) in [7, 11) is 1.34. The fraction of sp³-hybridized carbons (Fsp3) is 0.529. The van der Waals surface area contributed by atoms with Crippen molar-refractivity contribution >= 4 is 11.7 Å². The van der Waals surface area contributed by atoms with Crippen LogP contribution in [0.1, 0.15) is 44.6 Å². The van der Waals surface area contributed by atoms with Crippen molar-refractivity contribution in [2.75, 3.05) is 7.11 Å². The van der Waals surface area contributed by atoms with E-state index in [0.29, 0.717) is 5.56 Å². The molecule has 2 rings (SSSR count). The van der Waals surface area contributed by atoms with Gasteiger partial charge < -0.3 is 14.9 Å². The molecule has 126 valence electrons.